The molecule has 0 aliphatic carbocycles. The molecule has 0 fully saturated rings. The van der Waals surface area contributed by atoms with E-state index in [4.69, 9.17) is 0 Å². The molecule has 13 heavy (non-hydrogen) atoms. The molecular weight excluding hydrogens is 188 g/mol. The lowest BCUT2D eigenvalue weighted by Crippen LogP contribution is -2.34. The number of carbonyl (C=O) groups is 2. The second kappa shape index (κ2) is 5.27. The molecule has 0 bridgehead atoms. The van der Waals surface area contributed by atoms with Gasteiger partial charge in [-0.05, 0) is 5.75 Å². The normalized spacial score (nSPS) is 11.1. The van der Waals surface area contributed by atoms with Gasteiger partial charge in [0, 0.05) is 11.2 Å². The topological polar surface area (TPSA) is 43.4 Å². The number of Topliss-reactive ketones (excluding diaryl/α,β-unsaturated/α-hetero) is 1. The Morgan fingerprint density at radius 3 is 2.31 bits per heavy atom. The minimum Gasteiger partial charge on any atom is -0.463 e. The summed E-state index contributed by atoms with van der Waals surface area (Å²) < 4.78 is 4.38. The molecule has 0 aliphatic rings. The molecule has 0 unspecified atom stereocenters. The molecule has 0 aromatic rings. The van der Waals surface area contributed by atoms with E-state index in [9.17, 15) is 9.59 Å². The van der Waals surface area contributed by atoms with Gasteiger partial charge >= 0.3 is 5.97 Å². The van der Waals surface area contributed by atoms with E-state index in [1.807, 2.05) is 6.92 Å². The fraction of sp³-hybridized carbons (Fsp3) is 0.778. The highest BCUT2D eigenvalue weighted by molar-refractivity contribution is 7.99. The van der Waals surface area contributed by atoms with Gasteiger partial charge in [0.1, 0.15) is 0 Å². The van der Waals surface area contributed by atoms with Crippen molar-refractivity contribution in [1.82, 2.24) is 0 Å². The highest BCUT2D eigenvalue weighted by atomic mass is 32.2. The molecule has 4 heteroatoms. The maximum atomic E-state index is 11.4. The van der Waals surface area contributed by atoms with Crippen molar-refractivity contribution in [2.24, 2.45) is 5.41 Å². The summed E-state index contributed by atoms with van der Waals surface area (Å²) in [4.78, 5) is 22.4. The first-order valence-corrected chi connectivity index (χ1v) is 5.31. The lowest BCUT2D eigenvalue weighted by Gasteiger charge is -2.20. The average molecular weight is 204 g/mol. The number of esters is 1. The molecule has 76 valence electrons. The van der Waals surface area contributed by atoms with Crippen molar-refractivity contribution in [3.05, 3.63) is 0 Å². The highest BCUT2D eigenvalue weighted by Crippen LogP contribution is 2.23. The molecule has 0 aromatic carbocycles. The summed E-state index contributed by atoms with van der Waals surface area (Å²) in [5.41, 5.74) is -0.617. The van der Waals surface area contributed by atoms with Crippen LogP contribution in [0, 0.1) is 5.41 Å². The third-order valence-electron chi connectivity index (χ3n) is 1.65. The third kappa shape index (κ3) is 3.81. The molecule has 0 rings (SSSR count). The van der Waals surface area contributed by atoms with E-state index in [2.05, 4.69) is 4.74 Å². The summed E-state index contributed by atoms with van der Waals surface area (Å²) in [5, 5.41) is 0. The van der Waals surface area contributed by atoms with E-state index in [1.165, 1.54) is 7.11 Å². The zero-order chi connectivity index (χ0) is 10.5. The number of carbonyl (C=O) groups excluding carboxylic acids is 2. The van der Waals surface area contributed by atoms with Crippen LogP contribution in [0.1, 0.15) is 20.8 Å². The molecule has 0 amide bonds. The summed E-state index contributed by atoms with van der Waals surface area (Å²) in [6.45, 7) is 5.53. The van der Waals surface area contributed by atoms with E-state index < -0.39 is 17.2 Å². The number of methoxy groups -OCH3 is 1. The molecule has 0 N–H and O–H groups in total. The van der Waals surface area contributed by atoms with Gasteiger partial charge in [0.15, 0.2) is 0 Å². The van der Waals surface area contributed by atoms with Crippen molar-refractivity contribution in [2.75, 3.05) is 18.6 Å². The molecule has 0 radical (unpaired) electrons. The van der Waals surface area contributed by atoms with Crippen molar-refractivity contribution < 1.29 is 14.3 Å². The fourth-order valence-electron chi connectivity index (χ4n) is 0.792. The van der Waals surface area contributed by atoms with Crippen molar-refractivity contribution in [1.29, 1.82) is 0 Å². The van der Waals surface area contributed by atoms with Crippen molar-refractivity contribution >= 4 is 23.5 Å². The summed E-state index contributed by atoms with van der Waals surface area (Å²) in [7, 11) is 1.23. The van der Waals surface area contributed by atoms with E-state index in [1.54, 1.807) is 25.6 Å². The molecule has 0 saturated carbocycles. The van der Waals surface area contributed by atoms with Crippen LogP contribution in [0.25, 0.3) is 0 Å². The van der Waals surface area contributed by atoms with Crippen LogP contribution in [0.2, 0.25) is 0 Å². The number of thioether (sulfide) groups is 1. The van der Waals surface area contributed by atoms with Gasteiger partial charge in [-0.2, -0.15) is 11.8 Å². The molecule has 0 spiro atoms. The van der Waals surface area contributed by atoms with Crippen LogP contribution in [0.4, 0.5) is 0 Å². The molecule has 0 atom stereocenters. The molecule has 0 aliphatic heterocycles. The van der Waals surface area contributed by atoms with Crippen LogP contribution in [0.15, 0.2) is 0 Å². The molecule has 0 heterocycles. The smallest absolute Gasteiger partial charge is 0.374 e. The zero-order valence-corrected chi connectivity index (χ0v) is 9.36. The van der Waals surface area contributed by atoms with Gasteiger partial charge in [-0.1, -0.05) is 20.8 Å². The predicted molar refractivity (Wildman–Crippen MR) is 53.8 cm³/mol. The Labute approximate surface area is 83.2 Å². The Kier molecular flexibility index (Phi) is 5.06. The minimum atomic E-state index is -0.748. The number of hydrogen-bond acceptors (Lipinski definition) is 4. The average Bonchev–Trinajstić information content (AvgIpc) is 2.12. The van der Waals surface area contributed by atoms with Gasteiger partial charge in [-0.15, -0.1) is 0 Å². The number of ketones is 1. The maximum Gasteiger partial charge on any atom is 0.374 e. The molecular formula is C9H16O3S. The standard InChI is InChI=1S/C9H16O3S/c1-5-13-6-9(2,3)7(10)8(11)12-4/h5-6H2,1-4H3. The van der Waals surface area contributed by atoms with Gasteiger partial charge < -0.3 is 4.74 Å². The highest BCUT2D eigenvalue weighted by Gasteiger charge is 2.33. The molecule has 0 aromatic heterocycles. The minimum absolute atomic E-state index is 0.448. The van der Waals surface area contributed by atoms with E-state index in [0.29, 0.717) is 5.75 Å². The largest absolute Gasteiger partial charge is 0.463 e. The molecule has 3 nitrogen and oxygen atoms in total. The van der Waals surface area contributed by atoms with Gasteiger partial charge in [-0.3, -0.25) is 4.79 Å². The van der Waals surface area contributed by atoms with Crippen LogP contribution in [-0.4, -0.2) is 30.4 Å². The van der Waals surface area contributed by atoms with Crippen molar-refractivity contribution in [2.45, 2.75) is 20.8 Å². The lowest BCUT2D eigenvalue weighted by atomic mass is 9.90. The second-order valence-electron chi connectivity index (χ2n) is 3.34. The first-order chi connectivity index (χ1) is 5.95. The van der Waals surface area contributed by atoms with Crippen LogP contribution < -0.4 is 0 Å². The van der Waals surface area contributed by atoms with E-state index >= 15 is 0 Å². The fourth-order valence-corrected chi connectivity index (χ4v) is 1.64. The Hall–Kier alpha value is -0.510. The first-order valence-electron chi connectivity index (χ1n) is 4.16. The number of rotatable bonds is 5. The summed E-state index contributed by atoms with van der Waals surface area (Å²) in [5.74, 6) is 0.396. The third-order valence-corrected chi connectivity index (χ3v) is 2.99. The zero-order valence-electron chi connectivity index (χ0n) is 8.55. The summed E-state index contributed by atoms with van der Waals surface area (Å²) in [6.07, 6.45) is 0. The first kappa shape index (κ1) is 12.5. The summed E-state index contributed by atoms with van der Waals surface area (Å²) >= 11 is 1.64. The number of hydrogen-bond donors (Lipinski definition) is 0. The SMILES string of the molecule is CCSCC(C)(C)C(=O)C(=O)OC. The Balaban J connectivity index is 4.26. The number of ether oxygens (including phenoxy) is 1. The summed E-state index contributed by atoms with van der Waals surface area (Å²) in [6, 6.07) is 0. The Bertz CT molecular complexity index is 199. The van der Waals surface area contributed by atoms with Crippen LogP contribution >= 0.6 is 11.8 Å². The van der Waals surface area contributed by atoms with Gasteiger partial charge in [0.2, 0.25) is 5.78 Å². The maximum absolute atomic E-state index is 11.4. The van der Waals surface area contributed by atoms with Crippen LogP contribution in [0.3, 0.4) is 0 Å². The van der Waals surface area contributed by atoms with E-state index in [0.717, 1.165) is 5.75 Å². The predicted octanol–water partition coefficient (Wildman–Crippen LogP) is 1.51. The van der Waals surface area contributed by atoms with Crippen LogP contribution in [0.5, 0.6) is 0 Å². The van der Waals surface area contributed by atoms with Gasteiger partial charge in [0.25, 0.3) is 0 Å². The van der Waals surface area contributed by atoms with E-state index in [-0.39, 0.29) is 0 Å². The Morgan fingerprint density at radius 2 is 1.92 bits per heavy atom. The van der Waals surface area contributed by atoms with Gasteiger partial charge in [0.05, 0.1) is 7.11 Å². The monoisotopic (exact) mass is 204 g/mol. The lowest BCUT2D eigenvalue weighted by molar-refractivity contribution is -0.155. The van der Waals surface area contributed by atoms with Gasteiger partial charge in [-0.25, -0.2) is 4.79 Å². The second-order valence-corrected chi connectivity index (χ2v) is 4.62. The van der Waals surface area contributed by atoms with Crippen molar-refractivity contribution in [3.8, 4) is 0 Å². The van der Waals surface area contributed by atoms with Crippen molar-refractivity contribution in [3.63, 3.8) is 0 Å². The quantitative estimate of drug-likeness (QED) is 0.503. The molecule has 0 saturated heterocycles. The van der Waals surface area contributed by atoms with Crippen LogP contribution in [-0.2, 0) is 14.3 Å². The Morgan fingerprint density at radius 1 is 1.38 bits per heavy atom.